The molecule has 1 saturated carbocycles. The summed E-state index contributed by atoms with van der Waals surface area (Å²) >= 11 is 3.42. The number of hydrogen-bond donors (Lipinski definition) is 0. The highest BCUT2D eigenvalue weighted by Gasteiger charge is 2.26. The highest BCUT2D eigenvalue weighted by Crippen LogP contribution is 2.38. The van der Waals surface area contributed by atoms with Gasteiger partial charge in [-0.25, -0.2) is 0 Å². The van der Waals surface area contributed by atoms with E-state index in [-0.39, 0.29) is 5.91 Å². The standard InChI is InChI=1S/C18H19BrN4O/c19-15-3-1-2-14(12-15)18(24)23-10-8-22(9-11-23)17-7-6-16(20-21-17)13-4-5-13/h1-3,6-7,12-13H,4-5,8-11H2. The molecular weight excluding hydrogens is 368 g/mol. The van der Waals surface area contributed by atoms with Crippen LogP contribution < -0.4 is 4.90 Å². The van der Waals surface area contributed by atoms with Crippen LogP contribution in [0.2, 0.25) is 0 Å². The topological polar surface area (TPSA) is 49.3 Å². The van der Waals surface area contributed by atoms with Gasteiger partial charge in [0.2, 0.25) is 0 Å². The molecule has 0 unspecified atom stereocenters. The molecule has 2 aromatic rings. The Morgan fingerprint density at radius 3 is 2.46 bits per heavy atom. The van der Waals surface area contributed by atoms with Gasteiger partial charge in [0.1, 0.15) is 0 Å². The lowest BCUT2D eigenvalue weighted by molar-refractivity contribution is 0.0746. The predicted octanol–water partition coefficient (Wildman–Crippen LogP) is 3.08. The molecular formula is C18H19BrN4O. The zero-order valence-electron chi connectivity index (χ0n) is 13.4. The minimum Gasteiger partial charge on any atom is -0.352 e. The predicted molar refractivity (Wildman–Crippen MR) is 96.3 cm³/mol. The van der Waals surface area contributed by atoms with Gasteiger partial charge >= 0.3 is 0 Å². The van der Waals surface area contributed by atoms with Crippen LogP contribution in [0.4, 0.5) is 5.82 Å². The monoisotopic (exact) mass is 386 g/mol. The Balaban J connectivity index is 1.38. The van der Waals surface area contributed by atoms with Gasteiger partial charge in [0.15, 0.2) is 5.82 Å². The molecule has 0 N–H and O–H groups in total. The summed E-state index contributed by atoms with van der Waals surface area (Å²) in [7, 11) is 0. The molecule has 0 spiro atoms. The number of amides is 1. The van der Waals surface area contributed by atoms with Crippen molar-refractivity contribution in [1.82, 2.24) is 15.1 Å². The van der Waals surface area contributed by atoms with Crippen LogP contribution in [0.5, 0.6) is 0 Å². The van der Waals surface area contributed by atoms with Crippen molar-refractivity contribution in [1.29, 1.82) is 0 Å². The van der Waals surface area contributed by atoms with E-state index >= 15 is 0 Å². The van der Waals surface area contributed by atoms with E-state index in [0.29, 0.717) is 19.0 Å². The molecule has 1 aromatic carbocycles. The fourth-order valence-corrected chi connectivity index (χ4v) is 3.44. The minimum atomic E-state index is 0.0890. The number of anilines is 1. The third-order valence-electron chi connectivity index (χ3n) is 4.63. The molecule has 5 nitrogen and oxygen atoms in total. The lowest BCUT2D eigenvalue weighted by atomic mass is 10.2. The number of aromatic nitrogens is 2. The van der Waals surface area contributed by atoms with Gasteiger partial charge in [0.05, 0.1) is 5.69 Å². The van der Waals surface area contributed by atoms with E-state index in [1.54, 1.807) is 0 Å². The first kappa shape index (κ1) is 15.6. The highest BCUT2D eigenvalue weighted by atomic mass is 79.9. The first-order valence-electron chi connectivity index (χ1n) is 8.34. The van der Waals surface area contributed by atoms with Crippen molar-refractivity contribution < 1.29 is 4.79 Å². The first-order chi connectivity index (χ1) is 11.7. The van der Waals surface area contributed by atoms with Crippen molar-refractivity contribution in [2.45, 2.75) is 18.8 Å². The lowest BCUT2D eigenvalue weighted by Crippen LogP contribution is -2.49. The number of hydrogen-bond acceptors (Lipinski definition) is 4. The van der Waals surface area contributed by atoms with E-state index < -0.39 is 0 Å². The van der Waals surface area contributed by atoms with E-state index in [9.17, 15) is 4.79 Å². The summed E-state index contributed by atoms with van der Waals surface area (Å²) in [6.07, 6.45) is 2.48. The summed E-state index contributed by atoms with van der Waals surface area (Å²) in [5, 5.41) is 8.72. The number of nitrogens with zero attached hydrogens (tertiary/aromatic N) is 4. The maximum atomic E-state index is 12.6. The lowest BCUT2D eigenvalue weighted by Gasteiger charge is -2.35. The molecule has 0 atom stereocenters. The van der Waals surface area contributed by atoms with Crippen LogP contribution in [0.1, 0.15) is 34.8 Å². The van der Waals surface area contributed by atoms with Gasteiger partial charge in [-0.1, -0.05) is 22.0 Å². The Kier molecular flexibility index (Phi) is 4.22. The van der Waals surface area contributed by atoms with E-state index in [2.05, 4.69) is 43.2 Å². The summed E-state index contributed by atoms with van der Waals surface area (Å²) in [6, 6.07) is 11.7. The third kappa shape index (κ3) is 3.29. The molecule has 6 heteroatoms. The van der Waals surface area contributed by atoms with Crippen LogP contribution in [0, 0.1) is 0 Å². The molecule has 1 aliphatic carbocycles. The second-order valence-electron chi connectivity index (χ2n) is 6.38. The molecule has 0 bridgehead atoms. The van der Waals surface area contributed by atoms with Gasteiger partial charge in [-0.3, -0.25) is 4.79 Å². The molecule has 1 aliphatic heterocycles. The number of carbonyl (C=O) groups is 1. The molecule has 0 radical (unpaired) electrons. The average Bonchev–Trinajstić information content (AvgIpc) is 3.47. The Morgan fingerprint density at radius 2 is 1.83 bits per heavy atom. The quantitative estimate of drug-likeness (QED) is 0.812. The fraction of sp³-hybridized carbons (Fsp3) is 0.389. The van der Waals surface area contributed by atoms with E-state index in [0.717, 1.165) is 34.6 Å². The molecule has 4 rings (SSSR count). The van der Waals surface area contributed by atoms with Crippen LogP contribution in [-0.4, -0.2) is 47.2 Å². The SMILES string of the molecule is O=C(c1cccc(Br)c1)N1CCN(c2ccc(C3CC3)nn2)CC1. The van der Waals surface area contributed by atoms with E-state index in [1.165, 1.54) is 12.8 Å². The molecule has 1 amide bonds. The molecule has 2 fully saturated rings. The largest absolute Gasteiger partial charge is 0.352 e. The van der Waals surface area contributed by atoms with Gasteiger partial charge in [-0.2, -0.15) is 5.10 Å². The van der Waals surface area contributed by atoms with Gasteiger partial charge in [-0.15, -0.1) is 5.10 Å². The number of carbonyl (C=O) groups excluding carboxylic acids is 1. The molecule has 124 valence electrons. The van der Waals surface area contributed by atoms with Gasteiger partial charge in [0, 0.05) is 42.1 Å². The van der Waals surface area contributed by atoms with Crippen LogP contribution in [-0.2, 0) is 0 Å². The van der Waals surface area contributed by atoms with Crippen LogP contribution in [0.15, 0.2) is 40.9 Å². The summed E-state index contributed by atoms with van der Waals surface area (Å²) in [6.45, 7) is 2.99. The maximum Gasteiger partial charge on any atom is 0.254 e. The zero-order valence-corrected chi connectivity index (χ0v) is 14.9. The first-order valence-corrected chi connectivity index (χ1v) is 9.13. The Labute approximate surface area is 149 Å². The van der Waals surface area contributed by atoms with Gasteiger partial charge in [-0.05, 0) is 43.2 Å². The summed E-state index contributed by atoms with van der Waals surface area (Å²) in [5.74, 6) is 1.63. The average molecular weight is 387 g/mol. The van der Waals surface area contributed by atoms with Gasteiger partial charge < -0.3 is 9.80 Å². The summed E-state index contributed by atoms with van der Waals surface area (Å²) in [5.41, 5.74) is 1.84. The number of rotatable bonds is 3. The smallest absolute Gasteiger partial charge is 0.254 e. The van der Waals surface area contributed by atoms with Crippen molar-refractivity contribution in [2.75, 3.05) is 31.1 Å². The number of benzene rings is 1. The highest BCUT2D eigenvalue weighted by molar-refractivity contribution is 9.10. The van der Waals surface area contributed by atoms with Crippen LogP contribution in [0.25, 0.3) is 0 Å². The number of halogens is 1. The number of piperazine rings is 1. The van der Waals surface area contributed by atoms with Crippen molar-refractivity contribution in [3.8, 4) is 0 Å². The molecule has 2 heterocycles. The summed E-state index contributed by atoms with van der Waals surface area (Å²) in [4.78, 5) is 16.7. The van der Waals surface area contributed by atoms with Crippen molar-refractivity contribution in [2.24, 2.45) is 0 Å². The molecule has 1 saturated heterocycles. The van der Waals surface area contributed by atoms with E-state index in [1.807, 2.05) is 29.2 Å². The van der Waals surface area contributed by atoms with Crippen molar-refractivity contribution >= 4 is 27.7 Å². The zero-order chi connectivity index (χ0) is 16.5. The fourth-order valence-electron chi connectivity index (χ4n) is 3.04. The normalized spacial score (nSPS) is 17.9. The third-order valence-corrected chi connectivity index (χ3v) is 5.12. The van der Waals surface area contributed by atoms with Crippen molar-refractivity contribution in [3.05, 3.63) is 52.1 Å². The molecule has 1 aromatic heterocycles. The van der Waals surface area contributed by atoms with Crippen LogP contribution in [0.3, 0.4) is 0 Å². The van der Waals surface area contributed by atoms with Gasteiger partial charge in [0.25, 0.3) is 5.91 Å². The Hall–Kier alpha value is -1.95. The second kappa shape index (κ2) is 6.51. The molecule has 2 aliphatic rings. The van der Waals surface area contributed by atoms with E-state index in [4.69, 9.17) is 0 Å². The van der Waals surface area contributed by atoms with Crippen LogP contribution >= 0.6 is 15.9 Å². The Bertz CT molecular complexity index is 737. The molecule has 24 heavy (non-hydrogen) atoms. The second-order valence-corrected chi connectivity index (χ2v) is 7.30. The Morgan fingerprint density at radius 1 is 1.04 bits per heavy atom. The summed E-state index contributed by atoms with van der Waals surface area (Å²) < 4.78 is 0.929. The minimum absolute atomic E-state index is 0.0890. The maximum absolute atomic E-state index is 12.6. The van der Waals surface area contributed by atoms with Crippen molar-refractivity contribution in [3.63, 3.8) is 0 Å².